The fourth-order valence-electron chi connectivity index (χ4n) is 5.67. The van der Waals surface area contributed by atoms with E-state index in [0.29, 0.717) is 32.2 Å². The van der Waals surface area contributed by atoms with Crippen LogP contribution < -0.4 is 19.6 Å². The molecule has 5 aromatic rings. The maximum Gasteiger partial charge on any atom is 0.284 e. The molecule has 1 atom stereocenters. The molecular weight excluding hydrogens is 557 g/mol. The van der Waals surface area contributed by atoms with Gasteiger partial charge in [0.1, 0.15) is 23.1 Å². The van der Waals surface area contributed by atoms with Gasteiger partial charge < -0.3 is 9.15 Å². The molecule has 1 aliphatic carbocycles. The number of hydrogen-bond acceptors (Lipinski definition) is 7. The topological polar surface area (TPSA) is 99.9 Å². The summed E-state index contributed by atoms with van der Waals surface area (Å²) >= 11 is 1.24. The highest BCUT2D eigenvalue weighted by Crippen LogP contribution is 2.41. The van der Waals surface area contributed by atoms with Crippen molar-refractivity contribution in [1.82, 2.24) is 4.57 Å². The standard InChI is InChI=1S/C32H22FN3O5S/c1-40-21-11-14-24(26(16-21)36(38)39)27-15-12-22(41-27)17-28-31(37)35-30(19-6-9-20(33)10-7-19)25-13-8-18-4-2-3-5-23(18)29(25)34-32(35)42-28/h2-7,9-12,14-17,30H,8,13H2,1H3/b28-17+/t30-/m1/s1. The van der Waals surface area contributed by atoms with E-state index in [1.165, 1.54) is 42.2 Å². The van der Waals surface area contributed by atoms with Gasteiger partial charge in [0.15, 0.2) is 4.80 Å². The zero-order valence-corrected chi connectivity index (χ0v) is 23.1. The number of hydrogen-bond donors (Lipinski definition) is 0. The molecule has 0 saturated carbocycles. The monoisotopic (exact) mass is 579 g/mol. The molecule has 3 aromatic carbocycles. The van der Waals surface area contributed by atoms with Crippen LogP contribution in [-0.2, 0) is 6.42 Å². The van der Waals surface area contributed by atoms with Crippen LogP contribution in [0, 0.1) is 15.9 Å². The van der Waals surface area contributed by atoms with Crippen LogP contribution in [0.4, 0.5) is 10.1 Å². The van der Waals surface area contributed by atoms with Gasteiger partial charge in [-0.3, -0.25) is 19.5 Å². The zero-order valence-electron chi connectivity index (χ0n) is 22.2. The van der Waals surface area contributed by atoms with Gasteiger partial charge in [-0.25, -0.2) is 9.38 Å². The fourth-order valence-corrected chi connectivity index (χ4v) is 6.65. The molecule has 0 fully saturated rings. The smallest absolute Gasteiger partial charge is 0.284 e. The highest BCUT2D eigenvalue weighted by Gasteiger charge is 2.32. The lowest BCUT2D eigenvalue weighted by molar-refractivity contribution is -0.384. The average molecular weight is 580 g/mol. The minimum Gasteiger partial charge on any atom is -0.497 e. The second-order valence-electron chi connectivity index (χ2n) is 10.0. The zero-order chi connectivity index (χ0) is 29.0. The number of thiazole rings is 1. The van der Waals surface area contributed by atoms with Gasteiger partial charge in [0.25, 0.3) is 11.2 Å². The molecule has 2 aliphatic rings. The number of allylic oxidation sites excluding steroid dienone is 1. The molecule has 0 amide bonds. The summed E-state index contributed by atoms with van der Waals surface area (Å²) in [6.45, 7) is 0. The van der Waals surface area contributed by atoms with Crippen molar-refractivity contribution in [2.75, 3.05) is 7.11 Å². The second-order valence-corrected chi connectivity index (χ2v) is 11.0. The van der Waals surface area contributed by atoms with Crippen LogP contribution >= 0.6 is 11.3 Å². The van der Waals surface area contributed by atoms with Crippen LogP contribution in [0.15, 0.2) is 98.6 Å². The summed E-state index contributed by atoms with van der Waals surface area (Å²) in [6.07, 6.45) is 3.17. The van der Waals surface area contributed by atoms with Crippen molar-refractivity contribution < 1.29 is 18.5 Å². The summed E-state index contributed by atoms with van der Waals surface area (Å²) in [5, 5.41) is 11.7. The summed E-state index contributed by atoms with van der Waals surface area (Å²) in [4.78, 5) is 30.6. The first kappa shape index (κ1) is 25.8. The molecule has 7 rings (SSSR count). The molecule has 0 radical (unpaired) electrons. The van der Waals surface area contributed by atoms with E-state index in [1.54, 1.807) is 47.0 Å². The quantitative estimate of drug-likeness (QED) is 0.198. The fraction of sp³-hybridized carbons (Fsp3) is 0.125. The number of fused-ring (bicyclic) bond motifs is 3. The van der Waals surface area contributed by atoms with Crippen LogP contribution in [0.25, 0.3) is 23.1 Å². The van der Waals surface area contributed by atoms with Crippen molar-refractivity contribution in [1.29, 1.82) is 0 Å². The van der Waals surface area contributed by atoms with Gasteiger partial charge in [-0.05, 0) is 65.9 Å². The van der Waals surface area contributed by atoms with Gasteiger partial charge in [0.05, 0.1) is 39.9 Å². The average Bonchev–Trinajstić information content (AvgIpc) is 3.60. The highest BCUT2D eigenvalue weighted by molar-refractivity contribution is 7.07. The van der Waals surface area contributed by atoms with Crippen molar-refractivity contribution in [3.8, 4) is 17.1 Å². The Morgan fingerprint density at radius 2 is 1.88 bits per heavy atom. The Morgan fingerprint density at radius 1 is 1.07 bits per heavy atom. The molecule has 10 heteroatoms. The first-order valence-corrected chi connectivity index (χ1v) is 14.0. The Bertz CT molecular complexity index is 2110. The van der Waals surface area contributed by atoms with Gasteiger partial charge in [-0.15, -0.1) is 0 Å². The normalized spacial score (nSPS) is 16.0. The largest absolute Gasteiger partial charge is 0.497 e. The number of benzene rings is 3. The lowest BCUT2D eigenvalue weighted by atomic mass is 9.83. The lowest BCUT2D eigenvalue weighted by Gasteiger charge is -2.30. The third-order valence-corrected chi connectivity index (χ3v) is 8.61. The van der Waals surface area contributed by atoms with Crippen molar-refractivity contribution in [2.45, 2.75) is 18.9 Å². The van der Waals surface area contributed by atoms with Crippen LogP contribution in [0.1, 0.15) is 34.9 Å². The molecule has 0 unspecified atom stereocenters. The number of nitro benzene ring substituents is 1. The number of halogens is 1. The van der Waals surface area contributed by atoms with Crippen molar-refractivity contribution >= 4 is 28.8 Å². The molecule has 2 aromatic heterocycles. The van der Waals surface area contributed by atoms with E-state index in [-0.39, 0.29) is 17.1 Å². The molecule has 42 heavy (non-hydrogen) atoms. The van der Waals surface area contributed by atoms with Crippen molar-refractivity contribution in [2.24, 2.45) is 4.99 Å². The number of aryl methyl sites for hydroxylation is 1. The van der Waals surface area contributed by atoms with E-state index in [1.807, 2.05) is 18.2 Å². The van der Waals surface area contributed by atoms with Gasteiger partial charge in [0, 0.05) is 11.6 Å². The molecule has 0 spiro atoms. The molecule has 208 valence electrons. The number of rotatable bonds is 5. The number of methoxy groups -OCH3 is 1. The molecular formula is C32H22FN3O5S. The maximum atomic E-state index is 13.9. The SMILES string of the molecule is COc1ccc(-c2ccc(/C=c3/sc4n(c3=O)[C@H](c3ccc(F)cc3)C3=C(N=4)c4ccccc4CC3)o2)c([N+](=O)[O-])c1. The predicted molar refractivity (Wildman–Crippen MR) is 156 cm³/mol. The second kappa shape index (κ2) is 10.1. The van der Waals surface area contributed by atoms with Gasteiger partial charge >= 0.3 is 0 Å². The molecule has 0 bridgehead atoms. The Balaban J connectivity index is 1.37. The highest BCUT2D eigenvalue weighted by atomic mass is 32.1. The molecule has 3 heterocycles. The van der Waals surface area contributed by atoms with Crippen molar-refractivity contribution in [3.63, 3.8) is 0 Å². The lowest BCUT2D eigenvalue weighted by Crippen LogP contribution is -2.38. The van der Waals surface area contributed by atoms with Crippen LogP contribution in [0.5, 0.6) is 5.75 Å². The molecule has 0 N–H and O–H groups in total. The van der Waals surface area contributed by atoms with Crippen LogP contribution in [0.3, 0.4) is 0 Å². The summed E-state index contributed by atoms with van der Waals surface area (Å²) in [5.41, 5.74) is 4.82. The predicted octanol–water partition coefficient (Wildman–Crippen LogP) is 5.63. The Labute approximate surface area is 242 Å². The van der Waals surface area contributed by atoms with E-state index in [4.69, 9.17) is 14.1 Å². The number of nitro groups is 1. The van der Waals surface area contributed by atoms with E-state index < -0.39 is 11.0 Å². The first-order valence-electron chi connectivity index (χ1n) is 13.2. The Hall–Kier alpha value is -5.09. The van der Waals surface area contributed by atoms with Crippen molar-refractivity contribution in [3.05, 3.63) is 143 Å². The number of furan rings is 1. The van der Waals surface area contributed by atoms with E-state index in [9.17, 15) is 19.3 Å². The number of ether oxygens (including phenoxy) is 1. The third kappa shape index (κ3) is 4.27. The Kier molecular flexibility index (Phi) is 6.20. The number of nitrogens with zero attached hydrogens (tertiary/aromatic N) is 3. The summed E-state index contributed by atoms with van der Waals surface area (Å²) in [7, 11) is 1.44. The molecule has 1 aliphatic heterocycles. The third-order valence-electron chi connectivity index (χ3n) is 7.63. The molecule has 8 nitrogen and oxygen atoms in total. The van der Waals surface area contributed by atoms with E-state index in [2.05, 4.69) is 6.07 Å². The minimum atomic E-state index is -0.493. The number of aromatic nitrogens is 1. The molecule has 0 saturated heterocycles. The van der Waals surface area contributed by atoms with Gasteiger partial charge in [-0.2, -0.15) is 0 Å². The minimum absolute atomic E-state index is 0.153. The maximum absolute atomic E-state index is 13.9. The van der Waals surface area contributed by atoms with Gasteiger partial charge in [0.2, 0.25) is 0 Å². The van der Waals surface area contributed by atoms with Crippen LogP contribution in [-0.4, -0.2) is 16.6 Å². The summed E-state index contributed by atoms with van der Waals surface area (Å²) in [6, 6.07) is 21.8. The van der Waals surface area contributed by atoms with E-state index in [0.717, 1.165) is 35.2 Å². The summed E-state index contributed by atoms with van der Waals surface area (Å²) in [5.74, 6) is 0.673. The van der Waals surface area contributed by atoms with Crippen LogP contribution in [0.2, 0.25) is 0 Å². The van der Waals surface area contributed by atoms with E-state index >= 15 is 0 Å². The first-order chi connectivity index (χ1) is 20.4. The Morgan fingerprint density at radius 3 is 2.67 bits per heavy atom. The summed E-state index contributed by atoms with van der Waals surface area (Å²) < 4.78 is 27.1. The van der Waals surface area contributed by atoms with Gasteiger partial charge in [-0.1, -0.05) is 47.7 Å².